The van der Waals surface area contributed by atoms with E-state index in [9.17, 15) is 9.00 Å². The minimum atomic E-state index is -0.918. The summed E-state index contributed by atoms with van der Waals surface area (Å²) in [5, 5.41) is 12.0. The van der Waals surface area contributed by atoms with E-state index in [-0.39, 0.29) is 0 Å². The van der Waals surface area contributed by atoms with Gasteiger partial charge in [-0.1, -0.05) is 37.3 Å². The Hall–Kier alpha value is -1.20. The van der Waals surface area contributed by atoms with E-state index in [1.807, 2.05) is 13.0 Å². The van der Waals surface area contributed by atoms with Crippen LogP contribution >= 0.6 is 0 Å². The van der Waals surface area contributed by atoms with Crippen molar-refractivity contribution in [3.63, 3.8) is 0 Å². The molecule has 1 rings (SSSR count). The van der Waals surface area contributed by atoms with Gasteiger partial charge in [-0.3, -0.25) is 14.3 Å². The number of hydrogen-bond donors (Lipinski definition) is 2. The van der Waals surface area contributed by atoms with Crippen LogP contribution in [0.1, 0.15) is 18.5 Å². The number of benzene rings is 1. The van der Waals surface area contributed by atoms with Crippen molar-refractivity contribution < 1.29 is 14.1 Å². The van der Waals surface area contributed by atoms with E-state index in [4.69, 9.17) is 5.11 Å². The smallest absolute Gasteiger partial charge is 0.325 e. The van der Waals surface area contributed by atoms with Crippen molar-refractivity contribution >= 4 is 16.8 Å². The van der Waals surface area contributed by atoms with E-state index in [1.54, 1.807) is 24.3 Å². The number of carboxylic acid groups (broad SMARTS) is 1. The maximum absolute atomic E-state index is 11.2. The minimum absolute atomic E-state index is 0.437. The van der Waals surface area contributed by atoms with Crippen LogP contribution in [0.5, 0.6) is 0 Å². The number of carboxylic acids is 1. The van der Waals surface area contributed by atoms with Gasteiger partial charge in [-0.2, -0.15) is 0 Å². The van der Waals surface area contributed by atoms with Crippen LogP contribution in [0.3, 0.4) is 0 Å². The molecule has 0 spiro atoms. The number of hydrogen-bond acceptors (Lipinski definition) is 3. The first-order valence-corrected chi connectivity index (χ1v) is 7.00. The topological polar surface area (TPSA) is 66.4 Å². The quantitative estimate of drug-likeness (QED) is 0.767. The fraction of sp³-hybridized carbons (Fsp3) is 0.417. The molecule has 0 saturated carbocycles. The molecule has 2 N–H and O–H groups in total. The van der Waals surface area contributed by atoms with E-state index >= 15 is 0 Å². The fourth-order valence-corrected chi connectivity index (χ4v) is 2.09. The molecule has 0 bridgehead atoms. The van der Waals surface area contributed by atoms with Crippen molar-refractivity contribution in [2.75, 3.05) is 18.1 Å². The SMILES string of the molecule is CCS(=O)CCNC(C(=O)O)c1ccccc1. The summed E-state index contributed by atoms with van der Waals surface area (Å²) in [5.74, 6) is 0.163. The molecule has 17 heavy (non-hydrogen) atoms. The molecule has 0 aromatic heterocycles. The normalized spacial score (nSPS) is 14.2. The van der Waals surface area contributed by atoms with Crippen LogP contribution in [0, 0.1) is 0 Å². The number of nitrogens with one attached hydrogen (secondary N) is 1. The van der Waals surface area contributed by atoms with Crippen LogP contribution in [-0.2, 0) is 15.6 Å². The summed E-state index contributed by atoms with van der Waals surface area (Å²) in [7, 11) is -0.868. The van der Waals surface area contributed by atoms with Crippen molar-refractivity contribution in [1.29, 1.82) is 0 Å². The Morgan fingerprint density at radius 2 is 2.06 bits per heavy atom. The molecule has 4 nitrogen and oxygen atoms in total. The first kappa shape index (κ1) is 13.9. The van der Waals surface area contributed by atoms with Gasteiger partial charge in [0.15, 0.2) is 0 Å². The van der Waals surface area contributed by atoms with Crippen LogP contribution in [0.25, 0.3) is 0 Å². The van der Waals surface area contributed by atoms with Gasteiger partial charge < -0.3 is 5.11 Å². The summed E-state index contributed by atoms with van der Waals surface area (Å²) in [6.07, 6.45) is 0. The highest BCUT2D eigenvalue weighted by Gasteiger charge is 2.18. The third kappa shape index (κ3) is 4.66. The Kier molecular flexibility index (Phi) is 5.86. The molecular weight excluding hydrogens is 238 g/mol. The lowest BCUT2D eigenvalue weighted by atomic mass is 10.1. The number of aliphatic carboxylic acids is 1. The van der Waals surface area contributed by atoms with Gasteiger partial charge >= 0.3 is 5.97 Å². The van der Waals surface area contributed by atoms with Crippen LogP contribution in [0.2, 0.25) is 0 Å². The molecule has 0 radical (unpaired) electrons. The highest BCUT2D eigenvalue weighted by molar-refractivity contribution is 7.84. The van der Waals surface area contributed by atoms with Crippen molar-refractivity contribution in [3.8, 4) is 0 Å². The van der Waals surface area contributed by atoms with E-state index < -0.39 is 22.8 Å². The zero-order chi connectivity index (χ0) is 12.7. The highest BCUT2D eigenvalue weighted by atomic mass is 32.2. The fourth-order valence-electron chi connectivity index (χ4n) is 1.45. The molecule has 1 aromatic rings. The summed E-state index contributed by atoms with van der Waals surface area (Å²) in [6, 6.07) is 8.25. The van der Waals surface area contributed by atoms with Gasteiger partial charge in [0.2, 0.25) is 0 Å². The van der Waals surface area contributed by atoms with Crippen molar-refractivity contribution in [2.45, 2.75) is 13.0 Å². The Morgan fingerprint density at radius 3 is 2.59 bits per heavy atom. The lowest BCUT2D eigenvalue weighted by Gasteiger charge is -2.14. The third-order valence-electron chi connectivity index (χ3n) is 2.38. The lowest BCUT2D eigenvalue weighted by Crippen LogP contribution is -2.31. The van der Waals surface area contributed by atoms with Gasteiger partial charge in [0, 0.05) is 28.9 Å². The average molecular weight is 255 g/mol. The van der Waals surface area contributed by atoms with E-state index in [0.717, 1.165) is 0 Å². The Labute approximate surface area is 104 Å². The van der Waals surface area contributed by atoms with Gasteiger partial charge in [-0.15, -0.1) is 0 Å². The lowest BCUT2D eigenvalue weighted by molar-refractivity contribution is -0.139. The molecule has 94 valence electrons. The Balaban J connectivity index is 2.56. The molecule has 1 aromatic carbocycles. The van der Waals surface area contributed by atoms with Gasteiger partial charge in [0.05, 0.1) is 0 Å². The molecule has 0 amide bonds. The standard InChI is InChI=1S/C12H17NO3S/c1-2-17(16)9-8-13-11(12(14)15)10-6-4-3-5-7-10/h3-7,11,13H,2,8-9H2,1H3,(H,14,15). The van der Waals surface area contributed by atoms with Gasteiger partial charge in [0.1, 0.15) is 6.04 Å². The molecular formula is C12H17NO3S. The molecule has 0 saturated heterocycles. The van der Waals surface area contributed by atoms with E-state index in [2.05, 4.69) is 5.32 Å². The predicted molar refractivity (Wildman–Crippen MR) is 68.4 cm³/mol. The van der Waals surface area contributed by atoms with Gasteiger partial charge in [-0.25, -0.2) is 0 Å². The van der Waals surface area contributed by atoms with Crippen molar-refractivity contribution in [2.24, 2.45) is 0 Å². The van der Waals surface area contributed by atoms with Crippen molar-refractivity contribution in [1.82, 2.24) is 5.32 Å². The first-order valence-electron chi connectivity index (χ1n) is 5.51. The highest BCUT2D eigenvalue weighted by Crippen LogP contribution is 2.12. The summed E-state index contributed by atoms with van der Waals surface area (Å²) in [6.45, 7) is 2.29. The minimum Gasteiger partial charge on any atom is -0.480 e. The largest absolute Gasteiger partial charge is 0.480 e. The molecule has 0 aliphatic carbocycles. The Morgan fingerprint density at radius 1 is 1.41 bits per heavy atom. The molecule has 0 aliphatic heterocycles. The third-order valence-corrected chi connectivity index (χ3v) is 3.68. The van der Waals surface area contributed by atoms with Crippen LogP contribution < -0.4 is 5.32 Å². The Bertz CT molecular complexity index is 381. The average Bonchev–Trinajstić information content (AvgIpc) is 2.34. The predicted octanol–water partition coefficient (Wildman–Crippen LogP) is 1.17. The summed E-state index contributed by atoms with van der Waals surface area (Å²) >= 11 is 0. The molecule has 5 heteroatoms. The molecule has 2 atom stereocenters. The molecule has 0 heterocycles. The van der Waals surface area contributed by atoms with Crippen molar-refractivity contribution in [3.05, 3.63) is 35.9 Å². The number of carbonyl (C=O) groups is 1. The second-order valence-corrected chi connectivity index (χ2v) is 5.43. The summed E-state index contributed by atoms with van der Waals surface area (Å²) in [5.41, 5.74) is 0.710. The second kappa shape index (κ2) is 7.19. The number of rotatable bonds is 7. The van der Waals surface area contributed by atoms with Crippen LogP contribution in [0.15, 0.2) is 30.3 Å². The molecule has 0 fully saturated rings. The zero-order valence-electron chi connectivity index (χ0n) is 9.76. The summed E-state index contributed by atoms with van der Waals surface area (Å²) < 4.78 is 11.2. The first-order chi connectivity index (χ1) is 8.15. The second-order valence-electron chi connectivity index (χ2n) is 3.57. The maximum Gasteiger partial charge on any atom is 0.325 e. The molecule has 2 unspecified atom stereocenters. The summed E-state index contributed by atoms with van der Waals surface area (Å²) in [4.78, 5) is 11.1. The van der Waals surface area contributed by atoms with Crippen LogP contribution in [-0.4, -0.2) is 33.3 Å². The van der Waals surface area contributed by atoms with Crippen LogP contribution in [0.4, 0.5) is 0 Å². The zero-order valence-corrected chi connectivity index (χ0v) is 10.6. The maximum atomic E-state index is 11.2. The van der Waals surface area contributed by atoms with E-state index in [0.29, 0.717) is 23.6 Å². The van der Waals surface area contributed by atoms with E-state index in [1.165, 1.54) is 0 Å². The van der Waals surface area contributed by atoms with Gasteiger partial charge in [-0.05, 0) is 5.56 Å². The van der Waals surface area contributed by atoms with Gasteiger partial charge in [0.25, 0.3) is 0 Å². The monoisotopic (exact) mass is 255 g/mol. The molecule has 0 aliphatic rings.